The lowest BCUT2D eigenvalue weighted by atomic mass is 9.96. The van der Waals surface area contributed by atoms with E-state index in [-0.39, 0.29) is 0 Å². The summed E-state index contributed by atoms with van der Waals surface area (Å²) in [4.78, 5) is 15.3. The molecule has 0 radical (unpaired) electrons. The molecule has 56 heavy (non-hydrogen) atoms. The van der Waals surface area contributed by atoms with Crippen LogP contribution in [0.2, 0.25) is 0 Å². The summed E-state index contributed by atoms with van der Waals surface area (Å²) in [5.74, 6) is 1.65. The Hall–Kier alpha value is -7.68. The number of aromatic nitrogens is 3. The molecular formula is C51H32N4O. The highest BCUT2D eigenvalue weighted by molar-refractivity contribution is 6.13. The Morgan fingerprint density at radius 2 is 1.05 bits per heavy atom. The molecule has 10 aromatic rings. The van der Waals surface area contributed by atoms with Crippen molar-refractivity contribution in [2.75, 3.05) is 0 Å². The van der Waals surface area contributed by atoms with Crippen molar-refractivity contribution in [3.05, 3.63) is 187 Å². The van der Waals surface area contributed by atoms with Gasteiger partial charge in [0, 0.05) is 27.5 Å². The minimum atomic E-state index is 0.537. The highest BCUT2D eigenvalue weighted by Gasteiger charge is 2.18. The van der Waals surface area contributed by atoms with Crippen LogP contribution in [0.4, 0.5) is 0 Å². The molecule has 0 aliphatic heterocycles. The molecule has 2 aromatic heterocycles. The van der Waals surface area contributed by atoms with Crippen molar-refractivity contribution in [3.63, 3.8) is 0 Å². The Bertz CT molecular complexity index is 3150. The predicted molar refractivity (Wildman–Crippen MR) is 227 cm³/mol. The van der Waals surface area contributed by atoms with Gasteiger partial charge in [0.15, 0.2) is 17.5 Å². The van der Waals surface area contributed by atoms with Gasteiger partial charge in [-0.25, -0.2) is 15.0 Å². The summed E-state index contributed by atoms with van der Waals surface area (Å²) in [6.07, 6.45) is 0. The highest BCUT2D eigenvalue weighted by Crippen LogP contribution is 2.39. The van der Waals surface area contributed by atoms with E-state index in [1.807, 2.05) is 91.9 Å². The van der Waals surface area contributed by atoms with E-state index in [0.29, 0.717) is 23.0 Å². The number of rotatable bonds is 6. The van der Waals surface area contributed by atoms with E-state index < -0.39 is 0 Å². The average Bonchev–Trinajstić information content (AvgIpc) is 3.65. The molecule has 0 aliphatic carbocycles. The van der Waals surface area contributed by atoms with E-state index >= 15 is 0 Å². The Morgan fingerprint density at radius 1 is 0.429 bits per heavy atom. The van der Waals surface area contributed by atoms with Crippen LogP contribution in [0, 0.1) is 18.3 Å². The molecule has 0 fully saturated rings. The van der Waals surface area contributed by atoms with Gasteiger partial charge in [0.2, 0.25) is 0 Å². The topological polar surface area (TPSA) is 75.6 Å². The maximum atomic E-state index is 9.96. The molecule has 0 unspecified atom stereocenters. The molecule has 5 nitrogen and oxygen atoms in total. The number of benzene rings is 8. The maximum absolute atomic E-state index is 9.96. The van der Waals surface area contributed by atoms with Crippen molar-refractivity contribution < 1.29 is 4.42 Å². The summed E-state index contributed by atoms with van der Waals surface area (Å²) >= 11 is 0. The predicted octanol–water partition coefficient (Wildman–Crippen LogP) is 13.1. The zero-order valence-electron chi connectivity index (χ0n) is 30.4. The van der Waals surface area contributed by atoms with Gasteiger partial charge >= 0.3 is 0 Å². The molecule has 0 amide bonds. The molecule has 262 valence electrons. The SMILES string of the molecule is Cc1ccc(-c2cccc(-c3nc(-c4ccc5c(c4)oc4cccc(-c6ccc(-c7ccccc7)cc6)c45)nc(-c4cccc5ccccc45)n3)c2)c(C#N)c1. The molecule has 5 heteroatoms. The van der Waals surface area contributed by atoms with Gasteiger partial charge in [-0.2, -0.15) is 5.26 Å². The Morgan fingerprint density at radius 3 is 1.89 bits per heavy atom. The number of hydrogen-bond donors (Lipinski definition) is 0. The summed E-state index contributed by atoms with van der Waals surface area (Å²) in [6, 6.07) is 62.4. The van der Waals surface area contributed by atoms with Crippen molar-refractivity contribution in [3.8, 4) is 73.6 Å². The van der Waals surface area contributed by atoms with Crippen LogP contribution < -0.4 is 0 Å². The molecular weight excluding hydrogens is 685 g/mol. The Kier molecular flexibility index (Phi) is 8.01. The molecule has 0 bridgehead atoms. The van der Waals surface area contributed by atoms with Gasteiger partial charge < -0.3 is 4.42 Å². The van der Waals surface area contributed by atoms with Crippen LogP contribution in [0.25, 0.3) is 100 Å². The molecule has 0 saturated carbocycles. The summed E-state index contributed by atoms with van der Waals surface area (Å²) in [5.41, 5.74) is 12.2. The van der Waals surface area contributed by atoms with E-state index in [0.717, 1.165) is 77.2 Å². The van der Waals surface area contributed by atoms with Crippen molar-refractivity contribution in [2.24, 2.45) is 0 Å². The van der Waals surface area contributed by atoms with Gasteiger partial charge in [-0.05, 0) is 87.0 Å². The van der Waals surface area contributed by atoms with Gasteiger partial charge in [-0.1, -0.05) is 146 Å². The van der Waals surface area contributed by atoms with Gasteiger partial charge in [0.1, 0.15) is 11.2 Å². The van der Waals surface area contributed by atoms with Crippen LogP contribution in [-0.4, -0.2) is 15.0 Å². The number of furan rings is 1. The van der Waals surface area contributed by atoms with Crippen LogP contribution in [-0.2, 0) is 0 Å². The van der Waals surface area contributed by atoms with E-state index in [4.69, 9.17) is 19.4 Å². The van der Waals surface area contributed by atoms with Crippen LogP contribution in [0.5, 0.6) is 0 Å². The quantitative estimate of drug-likeness (QED) is 0.171. The molecule has 0 aliphatic rings. The highest BCUT2D eigenvalue weighted by atomic mass is 16.3. The normalized spacial score (nSPS) is 11.3. The number of nitriles is 1. The maximum Gasteiger partial charge on any atom is 0.164 e. The molecule has 2 heterocycles. The van der Waals surface area contributed by atoms with Gasteiger partial charge in [-0.15, -0.1) is 0 Å². The zero-order valence-corrected chi connectivity index (χ0v) is 30.4. The standard InChI is InChI=1S/C51H32N4O/c1-32-20-26-41(40(28-32)31-52)37-14-7-15-38(29-37)49-53-50(55-51(54-49)44-18-8-13-35-12-5-6-16-42(35)44)39-25-27-45-47(30-39)56-46-19-9-17-43(48(45)46)36-23-21-34(22-24-36)33-10-3-2-4-11-33/h2-30H,1H3. The van der Waals surface area contributed by atoms with E-state index in [1.165, 1.54) is 11.1 Å². The van der Waals surface area contributed by atoms with Crippen LogP contribution >= 0.6 is 0 Å². The largest absolute Gasteiger partial charge is 0.456 e. The van der Waals surface area contributed by atoms with E-state index in [1.54, 1.807) is 0 Å². The molecule has 0 atom stereocenters. The van der Waals surface area contributed by atoms with E-state index in [9.17, 15) is 5.26 Å². The molecule has 0 spiro atoms. The first-order valence-corrected chi connectivity index (χ1v) is 18.6. The van der Waals surface area contributed by atoms with Crippen LogP contribution in [0.3, 0.4) is 0 Å². The lowest BCUT2D eigenvalue weighted by Crippen LogP contribution is -2.00. The second-order valence-corrected chi connectivity index (χ2v) is 14.0. The summed E-state index contributed by atoms with van der Waals surface area (Å²) in [5, 5.41) is 14.2. The number of aryl methyl sites for hydroxylation is 1. The first-order valence-electron chi connectivity index (χ1n) is 18.6. The lowest BCUT2D eigenvalue weighted by Gasteiger charge is -2.11. The van der Waals surface area contributed by atoms with Crippen molar-refractivity contribution in [2.45, 2.75) is 6.92 Å². The van der Waals surface area contributed by atoms with E-state index in [2.05, 4.69) is 97.1 Å². The first-order chi connectivity index (χ1) is 27.6. The molecule has 0 N–H and O–H groups in total. The third kappa shape index (κ3) is 5.87. The fourth-order valence-corrected chi connectivity index (χ4v) is 7.68. The second-order valence-electron chi connectivity index (χ2n) is 14.0. The lowest BCUT2D eigenvalue weighted by molar-refractivity contribution is 0.669. The molecule has 8 aromatic carbocycles. The minimum absolute atomic E-state index is 0.537. The minimum Gasteiger partial charge on any atom is -0.456 e. The number of fused-ring (bicyclic) bond motifs is 4. The fourth-order valence-electron chi connectivity index (χ4n) is 7.68. The van der Waals surface area contributed by atoms with Crippen molar-refractivity contribution >= 4 is 32.7 Å². The monoisotopic (exact) mass is 716 g/mol. The third-order valence-electron chi connectivity index (χ3n) is 10.5. The Balaban J connectivity index is 1.11. The summed E-state index contributed by atoms with van der Waals surface area (Å²) < 4.78 is 6.55. The molecule has 10 rings (SSSR count). The average molecular weight is 717 g/mol. The van der Waals surface area contributed by atoms with Gasteiger partial charge in [0.25, 0.3) is 0 Å². The first kappa shape index (κ1) is 32.9. The van der Waals surface area contributed by atoms with Crippen LogP contribution in [0.1, 0.15) is 11.1 Å². The number of hydrogen-bond acceptors (Lipinski definition) is 5. The smallest absolute Gasteiger partial charge is 0.164 e. The van der Waals surface area contributed by atoms with Gasteiger partial charge in [-0.3, -0.25) is 0 Å². The Labute approximate surface area is 323 Å². The third-order valence-corrected chi connectivity index (χ3v) is 10.5. The second kappa shape index (κ2) is 13.6. The molecule has 0 saturated heterocycles. The van der Waals surface area contributed by atoms with Gasteiger partial charge in [0.05, 0.1) is 11.6 Å². The summed E-state index contributed by atoms with van der Waals surface area (Å²) in [6.45, 7) is 1.99. The van der Waals surface area contributed by atoms with Crippen molar-refractivity contribution in [1.29, 1.82) is 5.26 Å². The zero-order chi connectivity index (χ0) is 37.6. The summed E-state index contributed by atoms with van der Waals surface area (Å²) in [7, 11) is 0. The van der Waals surface area contributed by atoms with Crippen molar-refractivity contribution in [1.82, 2.24) is 15.0 Å². The van der Waals surface area contributed by atoms with Crippen LogP contribution in [0.15, 0.2) is 180 Å². The fraction of sp³-hybridized carbons (Fsp3) is 0.0196. The number of nitrogens with zero attached hydrogens (tertiary/aromatic N) is 4.